The molecule has 0 spiro atoms. The Bertz CT molecular complexity index is 522. The number of methoxy groups -OCH3 is 1. The third-order valence-electron chi connectivity index (χ3n) is 3.35. The van der Waals surface area contributed by atoms with Crippen molar-refractivity contribution in [1.29, 1.82) is 0 Å². The molecule has 1 aromatic carbocycles. The largest absolute Gasteiger partial charge is 0.497 e. The number of imide groups is 1. The summed E-state index contributed by atoms with van der Waals surface area (Å²) >= 11 is 0. The molecular formula is C16H19NO3. The molecule has 0 radical (unpaired) electrons. The Morgan fingerprint density at radius 1 is 1.30 bits per heavy atom. The number of carbonyl (C=O) groups excluding carboxylic acids is 2. The monoisotopic (exact) mass is 273 g/mol. The van der Waals surface area contributed by atoms with Gasteiger partial charge in [0.25, 0.3) is 5.91 Å². The summed E-state index contributed by atoms with van der Waals surface area (Å²) in [5.41, 5.74) is 0.875. The Balaban J connectivity index is 2.05. The van der Waals surface area contributed by atoms with Crippen LogP contribution in [0.25, 0.3) is 6.08 Å². The SMILES string of the molecule is COc1cccc(/C=C/C(=O)N2CCCCCC2=O)c1. The van der Waals surface area contributed by atoms with Gasteiger partial charge in [0.15, 0.2) is 0 Å². The quantitative estimate of drug-likeness (QED) is 0.795. The van der Waals surface area contributed by atoms with Crippen LogP contribution in [0.3, 0.4) is 0 Å². The van der Waals surface area contributed by atoms with E-state index in [1.165, 1.54) is 11.0 Å². The minimum Gasteiger partial charge on any atom is -0.497 e. The lowest BCUT2D eigenvalue weighted by Gasteiger charge is -2.16. The van der Waals surface area contributed by atoms with E-state index in [9.17, 15) is 9.59 Å². The first-order valence-electron chi connectivity index (χ1n) is 6.87. The summed E-state index contributed by atoms with van der Waals surface area (Å²) < 4.78 is 5.13. The maximum atomic E-state index is 12.1. The molecule has 0 N–H and O–H groups in total. The summed E-state index contributed by atoms with van der Waals surface area (Å²) in [7, 11) is 1.60. The summed E-state index contributed by atoms with van der Waals surface area (Å²) in [6.45, 7) is 0.528. The Morgan fingerprint density at radius 3 is 2.95 bits per heavy atom. The van der Waals surface area contributed by atoms with Crippen molar-refractivity contribution in [2.24, 2.45) is 0 Å². The molecule has 106 valence electrons. The van der Waals surface area contributed by atoms with E-state index < -0.39 is 0 Å². The lowest BCUT2D eigenvalue weighted by molar-refractivity contribution is -0.141. The van der Waals surface area contributed by atoms with Gasteiger partial charge in [0.2, 0.25) is 5.91 Å². The van der Waals surface area contributed by atoms with Gasteiger partial charge in [-0.3, -0.25) is 14.5 Å². The average Bonchev–Trinajstić information content (AvgIpc) is 2.69. The molecule has 0 atom stereocenters. The van der Waals surface area contributed by atoms with Crippen molar-refractivity contribution in [3.63, 3.8) is 0 Å². The van der Waals surface area contributed by atoms with E-state index in [0.717, 1.165) is 30.6 Å². The fourth-order valence-corrected chi connectivity index (χ4v) is 2.22. The Morgan fingerprint density at radius 2 is 2.15 bits per heavy atom. The summed E-state index contributed by atoms with van der Waals surface area (Å²) in [5, 5.41) is 0. The van der Waals surface area contributed by atoms with E-state index in [0.29, 0.717) is 13.0 Å². The molecule has 0 unspecified atom stereocenters. The predicted octanol–water partition coefficient (Wildman–Crippen LogP) is 2.64. The third-order valence-corrected chi connectivity index (χ3v) is 3.35. The first kappa shape index (κ1) is 14.3. The van der Waals surface area contributed by atoms with Gasteiger partial charge in [0.1, 0.15) is 5.75 Å². The van der Waals surface area contributed by atoms with Crippen LogP contribution in [-0.2, 0) is 9.59 Å². The number of nitrogens with zero attached hydrogens (tertiary/aromatic N) is 1. The molecule has 4 nitrogen and oxygen atoms in total. The second-order valence-electron chi connectivity index (χ2n) is 4.80. The van der Waals surface area contributed by atoms with Crippen LogP contribution in [0.15, 0.2) is 30.3 Å². The number of hydrogen-bond acceptors (Lipinski definition) is 3. The Hall–Kier alpha value is -2.10. The zero-order chi connectivity index (χ0) is 14.4. The first-order chi connectivity index (χ1) is 9.70. The highest BCUT2D eigenvalue weighted by Gasteiger charge is 2.20. The zero-order valence-corrected chi connectivity index (χ0v) is 11.7. The van der Waals surface area contributed by atoms with Crippen LogP contribution in [0.1, 0.15) is 31.2 Å². The third kappa shape index (κ3) is 3.70. The van der Waals surface area contributed by atoms with E-state index in [1.54, 1.807) is 13.2 Å². The van der Waals surface area contributed by atoms with Crippen LogP contribution in [0.5, 0.6) is 5.75 Å². The highest BCUT2D eigenvalue weighted by atomic mass is 16.5. The van der Waals surface area contributed by atoms with Gasteiger partial charge in [0.05, 0.1) is 7.11 Å². The molecule has 1 saturated heterocycles. The fourth-order valence-electron chi connectivity index (χ4n) is 2.22. The van der Waals surface area contributed by atoms with Crippen molar-refractivity contribution in [2.75, 3.05) is 13.7 Å². The molecule has 1 aliphatic rings. The molecule has 0 aromatic heterocycles. The van der Waals surface area contributed by atoms with Crippen LogP contribution in [0.2, 0.25) is 0 Å². The van der Waals surface area contributed by atoms with Crippen molar-refractivity contribution in [2.45, 2.75) is 25.7 Å². The number of likely N-dealkylation sites (tertiary alicyclic amines) is 1. The van der Waals surface area contributed by atoms with Gasteiger partial charge < -0.3 is 4.74 Å². The number of benzene rings is 1. The van der Waals surface area contributed by atoms with Crippen LogP contribution in [0, 0.1) is 0 Å². The normalized spacial score (nSPS) is 16.2. The van der Waals surface area contributed by atoms with Crippen molar-refractivity contribution in [3.05, 3.63) is 35.9 Å². The van der Waals surface area contributed by atoms with Gasteiger partial charge in [-0.1, -0.05) is 18.6 Å². The topological polar surface area (TPSA) is 46.6 Å². The van der Waals surface area contributed by atoms with Crippen molar-refractivity contribution >= 4 is 17.9 Å². The molecule has 1 heterocycles. The molecule has 0 saturated carbocycles. The van der Waals surface area contributed by atoms with Crippen molar-refractivity contribution < 1.29 is 14.3 Å². The summed E-state index contributed by atoms with van der Waals surface area (Å²) in [5.74, 6) is 0.438. The molecular weight excluding hydrogens is 254 g/mol. The standard InChI is InChI=1S/C16H19NO3/c1-20-14-7-5-6-13(12-14)9-10-16(19)17-11-4-2-3-8-15(17)18/h5-7,9-10,12H,2-4,8,11H2,1H3/b10-9+. The van der Waals surface area contributed by atoms with Crippen molar-refractivity contribution in [1.82, 2.24) is 4.90 Å². The van der Waals surface area contributed by atoms with Gasteiger partial charge in [-0.05, 0) is 36.6 Å². The molecule has 4 heteroatoms. The van der Waals surface area contributed by atoms with E-state index in [2.05, 4.69) is 0 Å². The average molecular weight is 273 g/mol. The maximum Gasteiger partial charge on any atom is 0.253 e. The van der Waals surface area contributed by atoms with Crippen LogP contribution in [0.4, 0.5) is 0 Å². The number of hydrogen-bond donors (Lipinski definition) is 0. The summed E-state index contributed by atoms with van der Waals surface area (Å²) in [6, 6.07) is 7.43. The van der Waals surface area contributed by atoms with Crippen LogP contribution < -0.4 is 4.74 Å². The van der Waals surface area contributed by atoms with Crippen LogP contribution >= 0.6 is 0 Å². The first-order valence-corrected chi connectivity index (χ1v) is 6.87. The second kappa shape index (κ2) is 6.89. The highest BCUT2D eigenvalue weighted by molar-refractivity contribution is 6.02. The lowest BCUT2D eigenvalue weighted by atomic mass is 10.2. The molecule has 1 aliphatic heterocycles. The molecule has 0 aliphatic carbocycles. The molecule has 20 heavy (non-hydrogen) atoms. The van der Waals surface area contributed by atoms with E-state index in [1.807, 2.05) is 24.3 Å². The van der Waals surface area contributed by atoms with Crippen molar-refractivity contribution in [3.8, 4) is 5.75 Å². The van der Waals surface area contributed by atoms with E-state index in [4.69, 9.17) is 4.74 Å². The van der Waals surface area contributed by atoms with E-state index >= 15 is 0 Å². The van der Waals surface area contributed by atoms with Gasteiger partial charge >= 0.3 is 0 Å². The Kier molecular flexibility index (Phi) is 4.93. The van der Waals surface area contributed by atoms with Crippen LogP contribution in [-0.4, -0.2) is 30.4 Å². The summed E-state index contributed by atoms with van der Waals surface area (Å²) in [4.78, 5) is 25.2. The van der Waals surface area contributed by atoms with Gasteiger partial charge in [-0.15, -0.1) is 0 Å². The molecule has 2 rings (SSSR count). The lowest BCUT2D eigenvalue weighted by Crippen LogP contribution is -2.35. The molecule has 2 amide bonds. The minimum absolute atomic E-state index is 0.0669. The summed E-state index contributed by atoms with van der Waals surface area (Å²) in [6.07, 6.45) is 6.42. The zero-order valence-electron chi connectivity index (χ0n) is 11.7. The van der Waals surface area contributed by atoms with E-state index in [-0.39, 0.29) is 11.8 Å². The number of rotatable bonds is 3. The number of ether oxygens (including phenoxy) is 1. The molecule has 1 fully saturated rings. The number of carbonyl (C=O) groups is 2. The number of amides is 2. The maximum absolute atomic E-state index is 12.1. The van der Waals surface area contributed by atoms with Gasteiger partial charge in [0, 0.05) is 19.0 Å². The molecule has 0 bridgehead atoms. The second-order valence-corrected chi connectivity index (χ2v) is 4.80. The van der Waals surface area contributed by atoms with Gasteiger partial charge in [-0.2, -0.15) is 0 Å². The highest BCUT2D eigenvalue weighted by Crippen LogP contribution is 2.15. The molecule has 1 aromatic rings. The Labute approximate surface area is 119 Å². The predicted molar refractivity (Wildman–Crippen MR) is 77.2 cm³/mol. The smallest absolute Gasteiger partial charge is 0.253 e. The minimum atomic E-state index is -0.236. The fraction of sp³-hybridized carbons (Fsp3) is 0.375. The van der Waals surface area contributed by atoms with Gasteiger partial charge in [-0.25, -0.2) is 0 Å².